The summed E-state index contributed by atoms with van der Waals surface area (Å²) in [4.78, 5) is 6.20. The second kappa shape index (κ2) is 8.88. The summed E-state index contributed by atoms with van der Waals surface area (Å²) in [5.74, 6) is 0. The van der Waals surface area contributed by atoms with Gasteiger partial charge in [0.25, 0.3) is 0 Å². The molecule has 156 valence electrons. The van der Waals surface area contributed by atoms with Crippen LogP contribution in [0, 0.1) is 5.41 Å². The number of anilines is 1. The van der Waals surface area contributed by atoms with Crippen LogP contribution in [0.3, 0.4) is 0 Å². The van der Waals surface area contributed by atoms with Crippen molar-refractivity contribution in [3.05, 3.63) is 58.6 Å². The third kappa shape index (κ3) is 5.39. The van der Waals surface area contributed by atoms with Gasteiger partial charge in [0.2, 0.25) is 0 Å². The second-order valence-electron chi connectivity index (χ2n) is 7.68. The number of alkyl halides is 3. The van der Waals surface area contributed by atoms with Gasteiger partial charge in [-0.3, -0.25) is 0 Å². The van der Waals surface area contributed by atoms with Gasteiger partial charge in [0, 0.05) is 30.2 Å². The Kier molecular flexibility index (Phi) is 6.69. The van der Waals surface area contributed by atoms with Crippen LogP contribution in [-0.2, 0) is 4.74 Å². The van der Waals surface area contributed by atoms with Crippen LogP contribution in [0.25, 0.3) is 0 Å². The van der Waals surface area contributed by atoms with Crippen molar-refractivity contribution in [3.63, 3.8) is 0 Å². The van der Waals surface area contributed by atoms with Crippen LogP contribution in [-0.4, -0.2) is 38.7 Å². The number of aliphatic imine (C=N–C) groups is 1. The third-order valence-corrected chi connectivity index (χ3v) is 5.83. The molecule has 0 bridgehead atoms. The molecule has 0 saturated carbocycles. The van der Waals surface area contributed by atoms with Crippen molar-refractivity contribution in [2.24, 2.45) is 10.4 Å². The summed E-state index contributed by atoms with van der Waals surface area (Å²) < 4.78 is 47.4. The van der Waals surface area contributed by atoms with Crippen LogP contribution in [0.15, 0.2) is 58.0 Å². The van der Waals surface area contributed by atoms with Crippen LogP contribution in [0.1, 0.15) is 25.3 Å². The standard InChI is InChI=1S/C22H24BrF3N2O/c1-21(15-29-2)11-13-28(14-12-21)19-6-4-3-5-18(19)27-20(22(24,25)26)16-7-9-17(23)10-8-16/h3-10H,11-15H2,1-2H3. The van der Waals surface area contributed by atoms with Gasteiger partial charge in [-0.25, -0.2) is 4.99 Å². The molecule has 0 radical (unpaired) electrons. The van der Waals surface area contributed by atoms with E-state index in [2.05, 4.69) is 32.7 Å². The smallest absolute Gasteiger partial charge is 0.384 e. The minimum atomic E-state index is -4.56. The minimum absolute atomic E-state index is 0.0433. The summed E-state index contributed by atoms with van der Waals surface area (Å²) in [6.07, 6.45) is -2.73. The highest BCUT2D eigenvalue weighted by Gasteiger charge is 2.37. The molecule has 0 atom stereocenters. The number of nitrogens with zero attached hydrogens (tertiary/aromatic N) is 2. The van der Waals surface area contributed by atoms with E-state index >= 15 is 0 Å². The fourth-order valence-corrected chi connectivity index (χ4v) is 3.89. The van der Waals surface area contributed by atoms with E-state index in [1.807, 2.05) is 12.1 Å². The highest BCUT2D eigenvalue weighted by Crippen LogP contribution is 2.38. The zero-order valence-electron chi connectivity index (χ0n) is 16.5. The number of hydrogen-bond acceptors (Lipinski definition) is 3. The van der Waals surface area contributed by atoms with Crippen molar-refractivity contribution in [1.82, 2.24) is 0 Å². The minimum Gasteiger partial charge on any atom is -0.384 e. The van der Waals surface area contributed by atoms with E-state index in [1.165, 1.54) is 12.1 Å². The van der Waals surface area contributed by atoms with Crippen LogP contribution in [0.5, 0.6) is 0 Å². The summed E-state index contributed by atoms with van der Waals surface area (Å²) in [7, 11) is 1.70. The summed E-state index contributed by atoms with van der Waals surface area (Å²) >= 11 is 3.26. The Balaban J connectivity index is 1.94. The average molecular weight is 469 g/mol. The van der Waals surface area contributed by atoms with E-state index in [1.54, 1.807) is 31.4 Å². The monoisotopic (exact) mass is 468 g/mol. The lowest BCUT2D eigenvalue weighted by atomic mass is 9.81. The topological polar surface area (TPSA) is 24.8 Å². The number of piperidine rings is 1. The van der Waals surface area contributed by atoms with Gasteiger partial charge >= 0.3 is 6.18 Å². The molecule has 0 aliphatic carbocycles. The molecule has 0 unspecified atom stereocenters. The quantitative estimate of drug-likeness (QED) is 0.475. The molecular formula is C22H24BrF3N2O. The molecule has 3 rings (SSSR count). The Morgan fingerprint density at radius 3 is 2.31 bits per heavy atom. The third-order valence-electron chi connectivity index (χ3n) is 5.30. The number of benzene rings is 2. The van der Waals surface area contributed by atoms with Gasteiger partial charge in [0.05, 0.1) is 18.0 Å². The van der Waals surface area contributed by atoms with Gasteiger partial charge in [-0.2, -0.15) is 13.2 Å². The van der Waals surface area contributed by atoms with Crippen LogP contribution >= 0.6 is 15.9 Å². The maximum absolute atomic E-state index is 13.8. The van der Waals surface area contributed by atoms with E-state index in [9.17, 15) is 13.2 Å². The van der Waals surface area contributed by atoms with Gasteiger partial charge in [0.15, 0.2) is 5.71 Å². The Hall–Kier alpha value is -1.86. The zero-order valence-corrected chi connectivity index (χ0v) is 18.1. The summed E-state index contributed by atoms with van der Waals surface area (Å²) in [6.45, 7) is 4.38. The fourth-order valence-electron chi connectivity index (χ4n) is 3.63. The van der Waals surface area contributed by atoms with Crippen molar-refractivity contribution in [3.8, 4) is 0 Å². The first-order valence-electron chi connectivity index (χ1n) is 9.47. The van der Waals surface area contributed by atoms with Crippen molar-refractivity contribution < 1.29 is 17.9 Å². The van der Waals surface area contributed by atoms with Gasteiger partial charge in [-0.15, -0.1) is 0 Å². The van der Waals surface area contributed by atoms with Crippen molar-refractivity contribution in [2.45, 2.75) is 25.9 Å². The van der Waals surface area contributed by atoms with E-state index in [0.29, 0.717) is 12.3 Å². The van der Waals surface area contributed by atoms with E-state index in [-0.39, 0.29) is 11.0 Å². The fraction of sp³-hybridized carbons (Fsp3) is 0.409. The Morgan fingerprint density at radius 2 is 1.72 bits per heavy atom. The molecule has 1 saturated heterocycles. The van der Waals surface area contributed by atoms with Gasteiger partial charge in [-0.05, 0) is 42.5 Å². The largest absolute Gasteiger partial charge is 0.433 e. The highest BCUT2D eigenvalue weighted by molar-refractivity contribution is 9.10. The molecule has 29 heavy (non-hydrogen) atoms. The first-order chi connectivity index (χ1) is 13.7. The number of methoxy groups -OCH3 is 1. The number of rotatable bonds is 5. The Morgan fingerprint density at radius 1 is 1.10 bits per heavy atom. The lowest BCUT2D eigenvalue weighted by molar-refractivity contribution is -0.0579. The lowest BCUT2D eigenvalue weighted by Crippen LogP contribution is -2.40. The molecule has 0 amide bonds. The molecule has 7 heteroatoms. The van der Waals surface area contributed by atoms with Gasteiger partial charge in [0.1, 0.15) is 0 Å². The molecule has 1 heterocycles. The van der Waals surface area contributed by atoms with Crippen molar-refractivity contribution >= 4 is 33.0 Å². The normalized spacial score (nSPS) is 17.4. The molecule has 0 N–H and O–H groups in total. The molecule has 0 spiro atoms. The molecule has 2 aromatic carbocycles. The maximum atomic E-state index is 13.8. The highest BCUT2D eigenvalue weighted by atomic mass is 79.9. The van der Waals surface area contributed by atoms with E-state index in [0.717, 1.165) is 36.1 Å². The number of halogens is 4. The van der Waals surface area contributed by atoms with Crippen molar-refractivity contribution in [1.29, 1.82) is 0 Å². The zero-order chi connectivity index (χ0) is 21.1. The number of ether oxygens (including phenoxy) is 1. The van der Waals surface area contributed by atoms with Crippen molar-refractivity contribution in [2.75, 3.05) is 31.7 Å². The Labute approximate surface area is 177 Å². The number of para-hydroxylation sites is 2. The molecule has 3 nitrogen and oxygen atoms in total. The molecule has 2 aromatic rings. The van der Waals surface area contributed by atoms with Gasteiger partial charge < -0.3 is 9.64 Å². The molecule has 0 aromatic heterocycles. The average Bonchev–Trinajstić information content (AvgIpc) is 2.67. The van der Waals surface area contributed by atoms with E-state index < -0.39 is 11.9 Å². The molecule has 1 aliphatic rings. The first kappa shape index (κ1) is 21.8. The molecular weight excluding hydrogens is 445 g/mol. The van der Waals surface area contributed by atoms with Crippen LogP contribution in [0.4, 0.5) is 24.5 Å². The second-order valence-corrected chi connectivity index (χ2v) is 8.60. The number of hydrogen-bond donors (Lipinski definition) is 0. The van der Waals surface area contributed by atoms with Crippen LogP contribution in [0.2, 0.25) is 0 Å². The summed E-state index contributed by atoms with van der Waals surface area (Å²) in [5.41, 5.74) is 0.308. The SMILES string of the molecule is COCC1(C)CCN(c2ccccc2N=C(c2ccc(Br)cc2)C(F)(F)F)CC1. The molecule has 1 aliphatic heterocycles. The predicted octanol–water partition coefficient (Wildman–Crippen LogP) is 6.39. The summed E-state index contributed by atoms with van der Waals surface area (Å²) in [5, 5.41) is 0. The summed E-state index contributed by atoms with van der Waals surface area (Å²) in [6, 6.07) is 13.1. The Bertz CT molecular complexity index is 857. The van der Waals surface area contributed by atoms with Crippen LogP contribution < -0.4 is 4.90 Å². The lowest BCUT2D eigenvalue weighted by Gasteiger charge is -2.40. The maximum Gasteiger partial charge on any atom is 0.433 e. The van der Waals surface area contributed by atoms with Gasteiger partial charge in [-0.1, -0.05) is 47.1 Å². The van der Waals surface area contributed by atoms with E-state index in [4.69, 9.17) is 4.74 Å². The molecule has 1 fully saturated rings. The predicted molar refractivity (Wildman–Crippen MR) is 114 cm³/mol. The first-order valence-corrected chi connectivity index (χ1v) is 10.3.